The SMILES string of the molecule is N=NC(C=NCCNC(=O)NCc1cccnc1)COc1ccccc1-c1ccccc1. The first-order valence-corrected chi connectivity index (χ1v) is 10.3. The number of hydrogen-bond donors (Lipinski definition) is 3. The first kappa shape index (κ1) is 22.6. The third-order valence-corrected chi connectivity index (χ3v) is 4.53. The minimum absolute atomic E-state index is 0.204. The first-order chi connectivity index (χ1) is 15.8. The lowest BCUT2D eigenvalue weighted by molar-refractivity contribution is 0.241. The molecule has 0 aliphatic carbocycles. The van der Waals surface area contributed by atoms with E-state index in [1.165, 1.54) is 0 Å². The zero-order valence-corrected chi connectivity index (χ0v) is 17.6. The van der Waals surface area contributed by atoms with E-state index in [0.29, 0.717) is 19.6 Å². The number of nitrogens with one attached hydrogen (secondary N) is 3. The van der Waals surface area contributed by atoms with Crippen LogP contribution in [0.1, 0.15) is 5.56 Å². The fourth-order valence-corrected chi connectivity index (χ4v) is 2.92. The van der Waals surface area contributed by atoms with Gasteiger partial charge < -0.3 is 15.4 Å². The molecule has 1 aromatic heterocycles. The Morgan fingerprint density at radius 1 is 1.06 bits per heavy atom. The van der Waals surface area contributed by atoms with Gasteiger partial charge in [0, 0.05) is 37.3 Å². The highest BCUT2D eigenvalue weighted by Gasteiger charge is 2.09. The minimum Gasteiger partial charge on any atom is -0.490 e. The van der Waals surface area contributed by atoms with Crippen LogP contribution in [0.5, 0.6) is 5.75 Å². The standard InChI is InChI=1S/C24H26N6O2/c25-30-21(17-27-13-14-28-24(31)29-16-19-7-6-12-26-15-19)18-32-23-11-5-4-10-22(23)20-8-2-1-3-9-20/h1-12,15,17,21,25H,13-14,16,18H2,(H2,28,29,31). The smallest absolute Gasteiger partial charge is 0.315 e. The molecule has 164 valence electrons. The maximum atomic E-state index is 11.8. The number of ether oxygens (including phenoxy) is 1. The highest BCUT2D eigenvalue weighted by molar-refractivity contribution is 5.74. The topological polar surface area (TPSA) is 112 Å². The Labute approximate surface area is 187 Å². The van der Waals surface area contributed by atoms with Crippen LogP contribution in [0.2, 0.25) is 0 Å². The van der Waals surface area contributed by atoms with E-state index in [-0.39, 0.29) is 12.6 Å². The number of benzene rings is 2. The first-order valence-electron chi connectivity index (χ1n) is 10.3. The van der Waals surface area contributed by atoms with Crippen molar-refractivity contribution >= 4 is 12.2 Å². The van der Waals surface area contributed by atoms with Crippen LogP contribution in [0.4, 0.5) is 4.79 Å². The molecule has 1 atom stereocenters. The van der Waals surface area contributed by atoms with Crippen LogP contribution in [0.3, 0.4) is 0 Å². The second kappa shape index (κ2) is 12.6. The van der Waals surface area contributed by atoms with Crippen molar-refractivity contribution < 1.29 is 9.53 Å². The Hall–Kier alpha value is -4.07. The van der Waals surface area contributed by atoms with E-state index in [2.05, 4.69) is 25.7 Å². The van der Waals surface area contributed by atoms with Crippen LogP contribution < -0.4 is 15.4 Å². The molecule has 0 saturated carbocycles. The highest BCUT2D eigenvalue weighted by Crippen LogP contribution is 2.29. The number of aromatic nitrogens is 1. The van der Waals surface area contributed by atoms with Crippen LogP contribution >= 0.6 is 0 Å². The molecule has 0 fully saturated rings. The van der Waals surface area contributed by atoms with Gasteiger partial charge in [0.05, 0.1) is 6.54 Å². The van der Waals surface area contributed by atoms with Crippen LogP contribution in [0.25, 0.3) is 11.1 Å². The summed E-state index contributed by atoms with van der Waals surface area (Å²) in [6.07, 6.45) is 4.97. The molecule has 0 saturated heterocycles. The summed E-state index contributed by atoms with van der Waals surface area (Å²) in [5, 5.41) is 9.06. The number of aliphatic imine (C=N–C) groups is 1. The lowest BCUT2D eigenvalue weighted by Gasteiger charge is -2.13. The zero-order valence-electron chi connectivity index (χ0n) is 17.6. The Kier molecular flexibility index (Phi) is 8.89. The van der Waals surface area contributed by atoms with Crippen molar-refractivity contribution in [2.75, 3.05) is 19.7 Å². The van der Waals surface area contributed by atoms with Gasteiger partial charge in [0.15, 0.2) is 0 Å². The van der Waals surface area contributed by atoms with Gasteiger partial charge in [-0.05, 0) is 23.3 Å². The van der Waals surface area contributed by atoms with Crippen molar-refractivity contribution in [3.8, 4) is 16.9 Å². The lowest BCUT2D eigenvalue weighted by Crippen LogP contribution is -2.36. The Balaban J connectivity index is 1.40. The van der Waals surface area contributed by atoms with Crippen molar-refractivity contribution in [2.24, 2.45) is 10.1 Å². The largest absolute Gasteiger partial charge is 0.490 e. The summed E-state index contributed by atoms with van der Waals surface area (Å²) in [5.74, 6) is 0.729. The molecule has 0 aliphatic rings. The number of hydrogen-bond acceptors (Lipinski definition) is 6. The molecule has 8 heteroatoms. The van der Waals surface area contributed by atoms with Crippen LogP contribution in [0, 0.1) is 5.53 Å². The van der Waals surface area contributed by atoms with E-state index in [4.69, 9.17) is 10.3 Å². The summed E-state index contributed by atoms with van der Waals surface area (Å²) in [4.78, 5) is 20.1. The summed E-state index contributed by atoms with van der Waals surface area (Å²) in [7, 11) is 0. The number of para-hydroxylation sites is 1. The molecule has 0 aliphatic heterocycles. The van der Waals surface area contributed by atoms with Crippen LogP contribution in [-0.2, 0) is 6.54 Å². The molecule has 1 heterocycles. The molecule has 2 amide bonds. The lowest BCUT2D eigenvalue weighted by atomic mass is 10.1. The molecule has 2 aromatic carbocycles. The van der Waals surface area contributed by atoms with Gasteiger partial charge in [0.1, 0.15) is 18.4 Å². The molecule has 0 bridgehead atoms. The van der Waals surface area contributed by atoms with Crippen molar-refractivity contribution in [1.29, 1.82) is 5.53 Å². The summed E-state index contributed by atoms with van der Waals surface area (Å²) >= 11 is 0. The quantitative estimate of drug-likeness (QED) is 0.242. The maximum absolute atomic E-state index is 11.8. The second-order valence-electron chi connectivity index (χ2n) is 6.90. The van der Waals surface area contributed by atoms with Crippen LogP contribution in [-0.4, -0.2) is 43.0 Å². The Bertz CT molecular complexity index is 1010. The van der Waals surface area contributed by atoms with E-state index >= 15 is 0 Å². The Morgan fingerprint density at radius 2 is 1.88 bits per heavy atom. The molecule has 3 N–H and O–H groups in total. The fraction of sp³-hybridized carbons (Fsp3) is 0.208. The number of nitrogens with zero attached hydrogens (tertiary/aromatic N) is 3. The molecule has 3 rings (SSSR count). The summed E-state index contributed by atoms with van der Waals surface area (Å²) in [5.41, 5.74) is 10.4. The van der Waals surface area contributed by atoms with Crippen molar-refractivity contribution in [3.05, 3.63) is 84.7 Å². The predicted octanol–water partition coefficient (Wildman–Crippen LogP) is 4.10. The number of pyridine rings is 1. The number of carbonyl (C=O) groups excluding carboxylic acids is 1. The van der Waals surface area contributed by atoms with Gasteiger partial charge in [-0.1, -0.05) is 54.6 Å². The Morgan fingerprint density at radius 3 is 2.66 bits per heavy atom. The molecule has 0 spiro atoms. The fourth-order valence-electron chi connectivity index (χ4n) is 2.92. The van der Waals surface area contributed by atoms with E-state index in [1.807, 2.05) is 66.7 Å². The van der Waals surface area contributed by atoms with Crippen LogP contribution in [0.15, 0.2) is 89.2 Å². The van der Waals surface area contributed by atoms with Crippen molar-refractivity contribution in [2.45, 2.75) is 12.6 Å². The minimum atomic E-state index is -0.502. The molecule has 32 heavy (non-hydrogen) atoms. The summed E-state index contributed by atoms with van der Waals surface area (Å²) < 4.78 is 5.92. The van der Waals surface area contributed by atoms with Gasteiger partial charge in [-0.25, -0.2) is 10.3 Å². The maximum Gasteiger partial charge on any atom is 0.315 e. The van der Waals surface area contributed by atoms with E-state index in [0.717, 1.165) is 22.4 Å². The monoisotopic (exact) mass is 430 g/mol. The number of rotatable bonds is 11. The van der Waals surface area contributed by atoms with E-state index in [9.17, 15) is 4.79 Å². The molecular formula is C24H26N6O2. The molecule has 0 radical (unpaired) electrons. The average molecular weight is 431 g/mol. The average Bonchev–Trinajstić information content (AvgIpc) is 2.86. The molecule has 1 unspecified atom stereocenters. The summed E-state index contributed by atoms with van der Waals surface area (Å²) in [6.45, 7) is 1.37. The van der Waals surface area contributed by atoms with Gasteiger partial charge in [-0.2, -0.15) is 5.11 Å². The van der Waals surface area contributed by atoms with Gasteiger partial charge in [0.2, 0.25) is 0 Å². The van der Waals surface area contributed by atoms with E-state index < -0.39 is 6.04 Å². The number of carbonyl (C=O) groups is 1. The molecular weight excluding hydrogens is 404 g/mol. The number of amides is 2. The molecule has 3 aromatic rings. The van der Waals surface area contributed by atoms with Crippen molar-refractivity contribution in [3.63, 3.8) is 0 Å². The van der Waals surface area contributed by atoms with E-state index in [1.54, 1.807) is 18.6 Å². The normalized spacial score (nSPS) is 11.6. The number of urea groups is 1. The predicted molar refractivity (Wildman–Crippen MR) is 124 cm³/mol. The van der Waals surface area contributed by atoms with Gasteiger partial charge >= 0.3 is 6.03 Å². The second-order valence-corrected chi connectivity index (χ2v) is 6.90. The van der Waals surface area contributed by atoms with Gasteiger partial charge in [-0.3, -0.25) is 9.98 Å². The molecule has 8 nitrogen and oxygen atoms in total. The van der Waals surface area contributed by atoms with Gasteiger partial charge in [-0.15, -0.1) is 0 Å². The van der Waals surface area contributed by atoms with Gasteiger partial charge in [0.25, 0.3) is 0 Å². The third-order valence-electron chi connectivity index (χ3n) is 4.53. The summed E-state index contributed by atoms with van der Waals surface area (Å²) in [6, 6.07) is 20.7. The zero-order chi connectivity index (χ0) is 22.4. The van der Waals surface area contributed by atoms with Crippen molar-refractivity contribution in [1.82, 2.24) is 15.6 Å². The third kappa shape index (κ3) is 7.32. The highest BCUT2D eigenvalue weighted by atomic mass is 16.5.